The van der Waals surface area contributed by atoms with E-state index in [2.05, 4.69) is 48.5 Å². The molecule has 3 N–H and O–H groups in total. The molecule has 1 aromatic heterocycles. The van der Waals surface area contributed by atoms with Crippen molar-refractivity contribution in [2.24, 2.45) is 5.92 Å². The van der Waals surface area contributed by atoms with Crippen LogP contribution in [0.1, 0.15) is 55.5 Å². The summed E-state index contributed by atoms with van der Waals surface area (Å²) >= 11 is 0. The third kappa shape index (κ3) is 6.21. The first kappa shape index (κ1) is 28.1. The van der Waals surface area contributed by atoms with Crippen LogP contribution in [-0.4, -0.2) is 52.5 Å². The molecule has 1 saturated heterocycles. The Morgan fingerprint density at radius 2 is 1.72 bits per heavy atom. The number of nitrogens with one attached hydrogen (secondary N) is 3. The van der Waals surface area contributed by atoms with Crippen LogP contribution in [0.25, 0.3) is 10.9 Å². The average Bonchev–Trinajstić information content (AvgIpc) is 3.35. The number of carbonyl (C=O) groups is 4. The van der Waals surface area contributed by atoms with Gasteiger partial charge in [0.1, 0.15) is 18.5 Å². The van der Waals surface area contributed by atoms with Gasteiger partial charge in [0.25, 0.3) is 0 Å². The fourth-order valence-corrected chi connectivity index (χ4v) is 5.55. The number of fused-ring (bicyclic) bond motifs is 1. The fraction of sp³-hybridized carbons (Fsp3) is 0.419. The van der Waals surface area contributed by atoms with Crippen LogP contribution in [-0.2, 0) is 51.4 Å². The summed E-state index contributed by atoms with van der Waals surface area (Å²) in [5, 5.41) is 6.52. The number of amides is 3. The Morgan fingerprint density at radius 1 is 1.03 bits per heavy atom. The number of benzene rings is 2. The van der Waals surface area contributed by atoms with Crippen LogP contribution in [0, 0.1) is 5.92 Å². The number of carbonyl (C=O) groups excluding carboxylic acids is 4. The number of aryl methyl sites for hydroxylation is 2. The first-order valence-electron chi connectivity index (χ1n) is 13.8. The van der Waals surface area contributed by atoms with Gasteiger partial charge in [0.15, 0.2) is 5.78 Å². The molecule has 8 heteroatoms. The van der Waals surface area contributed by atoms with Crippen molar-refractivity contribution in [2.75, 3.05) is 13.1 Å². The molecule has 2 atom stereocenters. The van der Waals surface area contributed by atoms with Gasteiger partial charge in [0, 0.05) is 23.6 Å². The lowest BCUT2D eigenvalue weighted by atomic mass is 9.92. The normalized spacial score (nSPS) is 16.3. The standard InChI is InChI=1S/C31H38N4O4/c1-5-21-12-20(13-22(6-2)24(21)7-3)15-33-30(38)26(14-23-16-32-27-11-9-8-10-25(23)27)28(36)17-35-18-29(37)34-19(4)31(35)39/h8-13,16,19,26,32H,5-7,14-15,17-18H2,1-4H3,(H,33,38)(H,34,37). The highest BCUT2D eigenvalue weighted by atomic mass is 16.2. The second kappa shape index (κ2) is 12.3. The number of aromatic amines is 1. The molecule has 2 heterocycles. The number of hydrogen-bond donors (Lipinski definition) is 3. The second-order valence-electron chi connectivity index (χ2n) is 10.2. The number of piperazine rings is 1. The lowest BCUT2D eigenvalue weighted by Gasteiger charge is -2.31. The number of Topliss-reactive ketones (excluding diaryl/α,β-unsaturated/α-hetero) is 1. The van der Waals surface area contributed by atoms with E-state index < -0.39 is 17.7 Å². The molecule has 0 saturated carbocycles. The summed E-state index contributed by atoms with van der Waals surface area (Å²) in [6, 6.07) is 11.3. The van der Waals surface area contributed by atoms with Gasteiger partial charge in [-0.05, 0) is 66.5 Å². The zero-order valence-electron chi connectivity index (χ0n) is 23.2. The first-order valence-corrected chi connectivity index (χ1v) is 13.8. The SMILES string of the molecule is CCc1cc(CNC(=O)C(Cc2c[nH]c3ccccc23)C(=O)CN2CC(=O)NC(C)C2=O)cc(CC)c1CC. The average molecular weight is 531 g/mol. The van der Waals surface area contributed by atoms with E-state index in [9.17, 15) is 19.2 Å². The predicted octanol–water partition coefficient (Wildman–Crippen LogP) is 3.25. The largest absolute Gasteiger partial charge is 0.361 e. The van der Waals surface area contributed by atoms with E-state index in [0.717, 1.165) is 41.3 Å². The summed E-state index contributed by atoms with van der Waals surface area (Å²) in [6.45, 7) is 7.84. The van der Waals surface area contributed by atoms with Gasteiger partial charge in [-0.2, -0.15) is 0 Å². The molecule has 1 aliphatic rings. The smallest absolute Gasteiger partial charge is 0.245 e. The van der Waals surface area contributed by atoms with Gasteiger partial charge >= 0.3 is 0 Å². The Morgan fingerprint density at radius 3 is 2.38 bits per heavy atom. The zero-order chi connectivity index (χ0) is 28.1. The van der Waals surface area contributed by atoms with Gasteiger partial charge in [0.05, 0.1) is 6.54 Å². The van der Waals surface area contributed by atoms with Crippen molar-refractivity contribution in [3.8, 4) is 0 Å². The molecule has 2 unspecified atom stereocenters. The minimum atomic E-state index is -1.01. The summed E-state index contributed by atoms with van der Waals surface area (Å²) < 4.78 is 0. The van der Waals surface area contributed by atoms with Gasteiger partial charge < -0.3 is 20.5 Å². The first-order chi connectivity index (χ1) is 18.7. The summed E-state index contributed by atoms with van der Waals surface area (Å²) in [5.41, 5.74) is 6.71. The maximum Gasteiger partial charge on any atom is 0.245 e. The van der Waals surface area contributed by atoms with Crippen LogP contribution in [0.2, 0.25) is 0 Å². The number of ketones is 1. The second-order valence-corrected chi connectivity index (χ2v) is 10.2. The van der Waals surface area contributed by atoms with Gasteiger partial charge in [-0.25, -0.2) is 0 Å². The van der Waals surface area contributed by atoms with E-state index in [0.29, 0.717) is 6.54 Å². The van der Waals surface area contributed by atoms with Crippen LogP contribution in [0.3, 0.4) is 0 Å². The highest BCUT2D eigenvalue weighted by Gasteiger charge is 2.34. The maximum atomic E-state index is 13.6. The quantitative estimate of drug-likeness (QED) is 0.331. The molecule has 3 amide bonds. The maximum absolute atomic E-state index is 13.6. The minimum Gasteiger partial charge on any atom is -0.361 e. The molecule has 4 rings (SSSR count). The van der Waals surface area contributed by atoms with Gasteiger partial charge in [-0.15, -0.1) is 0 Å². The molecule has 3 aromatic rings. The van der Waals surface area contributed by atoms with Crippen molar-refractivity contribution < 1.29 is 19.2 Å². The molecular formula is C31H38N4O4. The van der Waals surface area contributed by atoms with Crippen molar-refractivity contribution in [1.29, 1.82) is 0 Å². The summed E-state index contributed by atoms with van der Waals surface area (Å²) in [7, 11) is 0. The lowest BCUT2D eigenvalue weighted by molar-refractivity contribution is -0.147. The van der Waals surface area contributed by atoms with Crippen LogP contribution in [0.4, 0.5) is 0 Å². The minimum absolute atomic E-state index is 0.188. The van der Waals surface area contributed by atoms with E-state index in [1.165, 1.54) is 21.6 Å². The highest BCUT2D eigenvalue weighted by Crippen LogP contribution is 2.23. The fourth-order valence-electron chi connectivity index (χ4n) is 5.55. The van der Waals surface area contributed by atoms with Crippen LogP contribution in [0.5, 0.6) is 0 Å². The van der Waals surface area contributed by atoms with E-state index in [4.69, 9.17) is 0 Å². The summed E-state index contributed by atoms with van der Waals surface area (Å²) in [4.78, 5) is 56.3. The highest BCUT2D eigenvalue weighted by molar-refractivity contribution is 6.05. The van der Waals surface area contributed by atoms with Crippen LogP contribution in [0.15, 0.2) is 42.6 Å². The number of para-hydroxylation sites is 1. The number of aromatic nitrogens is 1. The molecule has 0 radical (unpaired) electrons. The van der Waals surface area contributed by atoms with Crippen LogP contribution < -0.4 is 10.6 Å². The molecule has 0 aliphatic carbocycles. The molecule has 1 fully saturated rings. The third-order valence-corrected chi connectivity index (χ3v) is 7.62. The third-order valence-electron chi connectivity index (χ3n) is 7.62. The summed E-state index contributed by atoms with van der Waals surface area (Å²) in [6.07, 6.45) is 4.80. The molecular weight excluding hydrogens is 492 g/mol. The van der Waals surface area contributed by atoms with Gasteiger partial charge in [-0.1, -0.05) is 51.1 Å². The van der Waals surface area contributed by atoms with Crippen molar-refractivity contribution in [3.63, 3.8) is 0 Å². The monoisotopic (exact) mass is 530 g/mol. The molecule has 2 aromatic carbocycles. The van der Waals surface area contributed by atoms with E-state index in [1.54, 1.807) is 6.92 Å². The van der Waals surface area contributed by atoms with Crippen molar-refractivity contribution in [2.45, 2.75) is 66.0 Å². The van der Waals surface area contributed by atoms with Gasteiger partial charge in [-0.3, -0.25) is 19.2 Å². The molecule has 8 nitrogen and oxygen atoms in total. The Hall–Kier alpha value is -3.94. The van der Waals surface area contributed by atoms with Gasteiger partial charge in [0.2, 0.25) is 17.7 Å². The molecule has 206 valence electrons. The number of rotatable bonds is 11. The van der Waals surface area contributed by atoms with Crippen LogP contribution >= 0.6 is 0 Å². The number of hydrogen-bond acceptors (Lipinski definition) is 4. The van der Waals surface area contributed by atoms with E-state index >= 15 is 0 Å². The number of nitrogens with zero attached hydrogens (tertiary/aromatic N) is 1. The Labute approximate surface area is 229 Å². The predicted molar refractivity (Wildman–Crippen MR) is 151 cm³/mol. The summed E-state index contributed by atoms with van der Waals surface area (Å²) in [5.74, 6) is -2.44. The molecule has 0 spiro atoms. The van der Waals surface area contributed by atoms with E-state index in [1.807, 2.05) is 30.5 Å². The Balaban J connectivity index is 1.57. The topological polar surface area (TPSA) is 111 Å². The Kier molecular flexibility index (Phi) is 8.84. The molecule has 1 aliphatic heterocycles. The molecule has 0 bridgehead atoms. The van der Waals surface area contributed by atoms with Crippen molar-refractivity contribution in [3.05, 3.63) is 70.4 Å². The van der Waals surface area contributed by atoms with E-state index in [-0.39, 0.29) is 37.2 Å². The molecule has 39 heavy (non-hydrogen) atoms. The Bertz CT molecular complexity index is 1370. The van der Waals surface area contributed by atoms with Crippen molar-refractivity contribution >= 4 is 34.4 Å². The number of H-pyrrole nitrogens is 1. The zero-order valence-corrected chi connectivity index (χ0v) is 23.2. The lowest BCUT2D eigenvalue weighted by Crippen LogP contribution is -2.58. The van der Waals surface area contributed by atoms with Crippen molar-refractivity contribution in [1.82, 2.24) is 20.5 Å².